The number of aromatic amines is 1. The summed E-state index contributed by atoms with van der Waals surface area (Å²) in [4.78, 5) is 92.3. The summed E-state index contributed by atoms with van der Waals surface area (Å²) < 4.78 is 0. The maximum atomic E-state index is 12.8. The molecule has 276 valence electrons. The number of thiol groups is 1. The second-order valence-corrected chi connectivity index (χ2v) is 11.2. The lowest BCUT2D eigenvalue weighted by Crippen LogP contribution is -2.45. The molecule has 12 N–H and O–H groups in total. The zero-order valence-electron chi connectivity index (χ0n) is 26.1. The van der Waals surface area contributed by atoms with Gasteiger partial charge in [-0.3, -0.25) is 29.2 Å². The van der Waals surface area contributed by atoms with Gasteiger partial charge in [-0.1, -0.05) is 7.43 Å². The summed E-state index contributed by atoms with van der Waals surface area (Å²) in [5.74, 6) is -5.82. The van der Waals surface area contributed by atoms with Crippen LogP contribution in [0, 0.1) is 5.92 Å². The van der Waals surface area contributed by atoms with E-state index in [-0.39, 0.29) is 84.9 Å². The molecule has 3 aromatic rings. The number of carboxylic acids is 2. The summed E-state index contributed by atoms with van der Waals surface area (Å²) in [6.07, 6.45) is 1.07. The van der Waals surface area contributed by atoms with Crippen LogP contribution in [0.25, 0.3) is 11.2 Å². The number of nitrogens with one attached hydrogen (secondary N) is 4. The van der Waals surface area contributed by atoms with Crippen molar-refractivity contribution in [2.75, 3.05) is 23.3 Å². The van der Waals surface area contributed by atoms with E-state index in [4.69, 9.17) is 17.2 Å². The number of ketones is 1. The Hall–Kier alpha value is -5.79. The van der Waals surface area contributed by atoms with E-state index in [1.807, 2.05) is 0 Å². The number of nitrogens with two attached hydrogens (primary N) is 3. The lowest BCUT2D eigenvalue weighted by molar-refractivity contribution is -0.142. The number of rotatable bonds is 19. The van der Waals surface area contributed by atoms with Crippen LogP contribution in [0.15, 0.2) is 40.2 Å². The fraction of sp³-hybridized carbons (Fsp3) is 0.400. The van der Waals surface area contributed by atoms with Crippen molar-refractivity contribution in [3.8, 4) is 0 Å². The molecule has 0 saturated carbocycles. The van der Waals surface area contributed by atoms with Crippen molar-refractivity contribution in [2.45, 2.75) is 58.2 Å². The predicted molar refractivity (Wildman–Crippen MR) is 194 cm³/mol. The van der Waals surface area contributed by atoms with Crippen molar-refractivity contribution < 1.29 is 38.5 Å². The Morgan fingerprint density at radius 2 is 1.68 bits per heavy atom. The SMILES string of the molecule is C.NC(N)=NCCC[C@@H](CC(=O)CC[C@@H](NC(=O)c1ccc(NCc2cnc3nc(N)[nH]c(=O)c3n2)cc1)C(=O)O)C(=O)N[C@H](CS)C(=O)O.[2HH].[2HH].[2HH]. The van der Waals surface area contributed by atoms with Gasteiger partial charge >= 0.3 is 11.9 Å². The van der Waals surface area contributed by atoms with Gasteiger partial charge in [-0.25, -0.2) is 19.6 Å². The number of nitrogens with zero attached hydrogens (tertiary/aromatic N) is 4. The molecule has 2 amide bonds. The summed E-state index contributed by atoms with van der Waals surface area (Å²) in [5.41, 5.74) is 16.9. The van der Waals surface area contributed by atoms with E-state index in [0.717, 1.165) is 0 Å². The summed E-state index contributed by atoms with van der Waals surface area (Å²) in [7, 11) is 0. The average molecular weight is 725 g/mol. The third kappa shape index (κ3) is 12.3. The van der Waals surface area contributed by atoms with E-state index in [0.29, 0.717) is 17.8 Å². The number of carbonyl (C=O) groups is 5. The molecule has 2 aromatic heterocycles. The molecule has 50 heavy (non-hydrogen) atoms. The normalized spacial score (nSPS) is 12.4. The van der Waals surface area contributed by atoms with Crippen LogP contribution in [-0.2, 0) is 25.7 Å². The smallest absolute Gasteiger partial charge is 0.327 e. The highest BCUT2D eigenvalue weighted by Gasteiger charge is 2.28. The van der Waals surface area contributed by atoms with Crippen LogP contribution in [0.1, 0.15) is 59.9 Å². The number of carboxylic acid groups (broad SMARTS) is 2. The van der Waals surface area contributed by atoms with E-state index in [1.165, 1.54) is 18.3 Å². The number of Topliss-reactive ketones (excluding diaryl/α,β-unsaturated/α-hetero) is 1. The molecule has 0 aliphatic rings. The van der Waals surface area contributed by atoms with E-state index in [1.54, 1.807) is 12.1 Å². The van der Waals surface area contributed by atoms with Crippen molar-refractivity contribution in [1.29, 1.82) is 0 Å². The zero-order chi connectivity index (χ0) is 36.1. The lowest BCUT2D eigenvalue weighted by atomic mass is 9.93. The number of anilines is 2. The van der Waals surface area contributed by atoms with Gasteiger partial charge in [0.05, 0.1) is 18.4 Å². The largest absolute Gasteiger partial charge is 0.480 e. The first-order chi connectivity index (χ1) is 23.3. The van der Waals surface area contributed by atoms with Gasteiger partial charge in [0.1, 0.15) is 17.9 Å². The molecule has 19 nitrogen and oxygen atoms in total. The molecule has 0 radical (unpaired) electrons. The van der Waals surface area contributed by atoms with Crippen LogP contribution in [0.4, 0.5) is 11.6 Å². The van der Waals surface area contributed by atoms with E-state index < -0.39 is 53.1 Å². The lowest BCUT2D eigenvalue weighted by Gasteiger charge is -2.19. The second kappa shape index (κ2) is 19.3. The minimum atomic E-state index is -1.41. The molecule has 0 aliphatic heterocycles. The molecule has 2 heterocycles. The molecule has 0 fully saturated rings. The fourth-order valence-electron chi connectivity index (χ4n) is 4.52. The van der Waals surface area contributed by atoms with Crippen LogP contribution >= 0.6 is 12.6 Å². The van der Waals surface area contributed by atoms with E-state index in [2.05, 4.69) is 53.5 Å². The molecule has 3 atom stereocenters. The number of aliphatic carboxylic acids is 2. The van der Waals surface area contributed by atoms with Gasteiger partial charge in [0, 0.05) is 46.6 Å². The molecule has 20 heteroatoms. The topological polar surface area (TPSA) is 324 Å². The summed E-state index contributed by atoms with van der Waals surface area (Å²) in [6.45, 7) is 0.358. The van der Waals surface area contributed by atoms with Gasteiger partial charge < -0.3 is 43.4 Å². The third-order valence-electron chi connectivity index (χ3n) is 7.07. The van der Waals surface area contributed by atoms with E-state index >= 15 is 0 Å². The number of hydrogen-bond donors (Lipinski definition) is 10. The number of aromatic nitrogens is 4. The summed E-state index contributed by atoms with van der Waals surface area (Å²) in [6, 6.07) is 3.41. The zero-order valence-corrected chi connectivity index (χ0v) is 27.0. The van der Waals surface area contributed by atoms with Crippen molar-refractivity contribution in [2.24, 2.45) is 22.4 Å². The van der Waals surface area contributed by atoms with E-state index in [9.17, 15) is 39.0 Å². The molecule has 0 unspecified atom stereocenters. The van der Waals surface area contributed by atoms with Gasteiger partial charge in [0.25, 0.3) is 11.5 Å². The van der Waals surface area contributed by atoms with Gasteiger partial charge in [-0.05, 0) is 43.5 Å². The van der Waals surface area contributed by atoms with Crippen molar-refractivity contribution in [3.63, 3.8) is 0 Å². The average Bonchev–Trinajstić information content (AvgIpc) is 3.05. The monoisotopic (exact) mass is 724 g/mol. The first kappa shape index (κ1) is 40.4. The Bertz CT molecular complexity index is 1780. The minimum absolute atomic E-state index is 0. The van der Waals surface area contributed by atoms with Crippen LogP contribution < -0.4 is 38.7 Å². The minimum Gasteiger partial charge on any atom is -0.480 e. The fourth-order valence-corrected chi connectivity index (χ4v) is 4.76. The van der Waals surface area contributed by atoms with Gasteiger partial charge in [-0.15, -0.1) is 0 Å². The molecular formula is C30H47N11O8S. The molecule has 0 aliphatic carbocycles. The number of benzene rings is 1. The maximum Gasteiger partial charge on any atom is 0.327 e. The number of H-pyrrole nitrogens is 1. The number of fused-ring (bicyclic) bond motifs is 1. The Kier molecular flexibility index (Phi) is 15.6. The Morgan fingerprint density at radius 3 is 2.30 bits per heavy atom. The maximum absolute atomic E-state index is 12.8. The van der Waals surface area contributed by atoms with Crippen molar-refractivity contribution in [1.82, 2.24) is 30.6 Å². The Morgan fingerprint density at radius 1 is 1.00 bits per heavy atom. The van der Waals surface area contributed by atoms with Crippen molar-refractivity contribution >= 4 is 70.9 Å². The summed E-state index contributed by atoms with van der Waals surface area (Å²) >= 11 is 3.93. The molecule has 1 aromatic carbocycles. The highest BCUT2D eigenvalue weighted by Crippen LogP contribution is 2.17. The highest BCUT2D eigenvalue weighted by molar-refractivity contribution is 7.80. The first-order valence-corrected chi connectivity index (χ1v) is 15.5. The molecule has 0 bridgehead atoms. The molecule has 3 rings (SSSR count). The number of nitrogen functional groups attached to an aromatic ring is 1. The number of amides is 2. The summed E-state index contributed by atoms with van der Waals surface area (Å²) in [5, 5.41) is 26.8. The molecular weight excluding hydrogens is 674 g/mol. The first-order valence-electron chi connectivity index (χ1n) is 14.9. The van der Waals surface area contributed by atoms with Gasteiger partial charge in [0.15, 0.2) is 17.1 Å². The number of hydrogen-bond acceptors (Lipinski definition) is 13. The van der Waals surface area contributed by atoms with Gasteiger partial charge in [0.2, 0.25) is 11.9 Å². The van der Waals surface area contributed by atoms with Crippen LogP contribution in [0.2, 0.25) is 0 Å². The number of guanidine groups is 1. The highest BCUT2D eigenvalue weighted by atomic mass is 32.1. The Labute approximate surface area is 295 Å². The predicted octanol–water partition coefficient (Wildman–Crippen LogP) is 0.373. The molecule has 0 saturated heterocycles. The van der Waals surface area contributed by atoms with Crippen molar-refractivity contribution in [3.05, 3.63) is 52.1 Å². The number of carbonyl (C=O) groups excluding carboxylic acids is 3. The molecule has 0 spiro atoms. The van der Waals surface area contributed by atoms with Gasteiger partial charge in [-0.2, -0.15) is 17.6 Å². The van der Waals surface area contributed by atoms with Crippen LogP contribution in [0.5, 0.6) is 0 Å². The Balaban J connectivity index is 0. The van der Waals surface area contributed by atoms with Crippen LogP contribution in [0.3, 0.4) is 0 Å². The standard InChI is InChI=1S/C29H37N11O8S.CH4.3H2/c30-28(31)33-9-1-2-15(24(43)38-20(13-49)27(47)48)10-18(41)7-8-19(26(45)46)37-23(42)14-3-5-16(6-4-14)34-11-17-12-35-22-21(36-17)25(44)40-29(32)39-22;;;;/h3-6,12,15,19-20,34,49H,1-2,7-11,13H2,(H,37,42)(H,38,43)(H,45,46)(H,47,48)(H4,30,31,33)(H3,32,35,39,40,44);1H4;3*1H/t15-,19+,20+;;;;/m0..../s1/i;;3*1+1. The third-order valence-corrected chi connectivity index (χ3v) is 7.43. The number of aliphatic imine (C=N–C) groups is 1. The second-order valence-electron chi connectivity index (χ2n) is 10.8. The van der Waals surface area contributed by atoms with Crippen LogP contribution in [-0.4, -0.2) is 90.0 Å². The quantitative estimate of drug-likeness (QED) is 0.0346.